The first-order valence-electron chi connectivity index (χ1n) is 8.10. The van der Waals surface area contributed by atoms with Crippen molar-refractivity contribution >= 4 is 13.4 Å². The predicted octanol–water partition coefficient (Wildman–Crippen LogP) is 6.05. The summed E-state index contributed by atoms with van der Waals surface area (Å²) in [4.78, 5) is 11.8. The molecule has 0 N–H and O–H groups in total. The summed E-state index contributed by atoms with van der Waals surface area (Å²) < 4.78 is 48.2. The van der Waals surface area contributed by atoms with Crippen molar-refractivity contribution < 1.29 is 27.2 Å². The molecule has 0 aromatic carbocycles. The molecular weight excluding hydrogens is 349 g/mol. The second-order valence-corrected chi connectivity index (χ2v) is 8.46. The molecule has 0 fully saturated rings. The SMILES string of the molecule is COP(=O)(OC)C(F)(F)C(=O)/C=C(\C)CC/C=C(\C)CCC=C(C)C. The second-order valence-electron chi connectivity index (χ2n) is 6.17. The lowest BCUT2D eigenvalue weighted by molar-refractivity contribution is -0.130. The molecule has 0 amide bonds. The maximum Gasteiger partial charge on any atom is 0.407 e. The Labute approximate surface area is 149 Å². The van der Waals surface area contributed by atoms with Crippen LogP contribution in [0.4, 0.5) is 8.78 Å². The van der Waals surface area contributed by atoms with Gasteiger partial charge in [-0.3, -0.25) is 9.36 Å². The van der Waals surface area contributed by atoms with Crippen LogP contribution in [-0.2, 0) is 18.4 Å². The third kappa shape index (κ3) is 7.76. The van der Waals surface area contributed by atoms with Gasteiger partial charge in [0, 0.05) is 14.2 Å². The molecule has 0 heterocycles. The highest BCUT2D eigenvalue weighted by atomic mass is 31.2. The molecule has 0 spiro atoms. The number of halogens is 2. The van der Waals surface area contributed by atoms with Crippen LogP contribution < -0.4 is 0 Å². The maximum atomic E-state index is 14.0. The van der Waals surface area contributed by atoms with Crippen molar-refractivity contribution in [2.75, 3.05) is 14.2 Å². The van der Waals surface area contributed by atoms with Gasteiger partial charge in [0.25, 0.3) is 0 Å². The molecule has 0 atom stereocenters. The molecule has 0 rings (SSSR count). The highest BCUT2D eigenvalue weighted by molar-refractivity contribution is 7.56. The van der Waals surface area contributed by atoms with E-state index >= 15 is 0 Å². The van der Waals surface area contributed by atoms with Gasteiger partial charge in [0.2, 0.25) is 5.78 Å². The van der Waals surface area contributed by atoms with E-state index in [-0.39, 0.29) is 0 Å². The number of ketones is 1. The predicted molar refractivity (Wildman–Crippen MR) is 97.0 cm³/mol. The summed E-state index contributed by atoms with van der Waals surface area (Å²) in [5, 5.41) is 0. The third-order valence-corrected chi connectivity index (χ3v) is 5.49. The van der Waals surface area contributed by atoms with E-state index in [1.54, 1.807) is 6.92 Å². The van der Waals surface area contributed by atoms with Crippen molar-refractivity contribution in [3.05, 3.63) is 34.9 Å². The van der Waals surface area contributed by atoms with Gasteiger partial charge in [-0.15, -0.1) is 0 Å². The van der Waals surface area contributed by atoms with Crippen molar-refractivity contribution in [3.63, 3.8) is 0 Å². The fourth-order valence-corrected chi connectivity index (χ4v) is 3.00. The van der Waals surface area contributed by atoms with E-state index in [9.17, 15) is 18.1 Å². The summed E-state index contributed by atoms with van der Waals surface area (Å²) in [5.41, 5.74) is -1.23. The van der Waals surface area contributed by atoms with Crippen molar-refractivity contribution in [3.8, 4) is 0 Å². The van der Waals surface area contributed by atoms with Crippen molar-refractivity contribution in [2.45, 2.75) is 59.0 Å². The zero-order valence-electron chi connectivity index (χ0n) is 15.9. The molecule has 0 saturated heterocycles. The summed E-state index contributed by atoms with van der Waals surface area (Å²) in [6, 6.07) is 0. The average Bonchev–Trinajstić information content (AvgIpc) is 2.53. The van der Waals surface area contributed by atoms with Crippen molar-refractivity contribution in [1.29, 1.82) is 0 Å². The van der Waals surface area contributed by atoms with E-state index in [4.69, 9.17) is 0 Å². The molecule has 25 heavy (non-hydrogen) atoms. The number of alkyl halides is 2. The summed E-state index contributed by atoms with van der Waals surface area (Å²) >= 11 is 0. The van der Waals surface area contributed by atoms with E-state index in [0.29, 0.717) is 18.4 Å². The minimum Gasteiger partial charge on any atom is -0.307 e. The number of hydrogen-bond acceptors (Lipinski definition) is 4. The van der Waals surface area contributed by atoms with Gasteiger partial charge in [-0.1, -0.05) is 28.9 Å². The van der Waals surface area contributed by atoms with E-state index < -0.39 is 19.0 Å². The van der Waals surface area contributed by atoms with Crippen molar-refractivity contribution in [1.82, 2.24) is 0 Å². The Hall–Kier alpha value is -1.10. The standard InChI is InChI=1S/C18H29F2O4P/c1-14(2)9-7-10-15(3)11-8-12-16(4)13-17(21)18(19,20)25(22,23-5)24-6/h9,11,13H,7-8,10,12H2,1-6H3/b15-11+,16-13+. The minimum absolute atomic E-state index is 0.464. The monoisotopic (exact) mass is 378 g/mol. The van der Waals surface area contributed by atoms with Gasteiger partial charge >= 0.3 is 13.3 Å². The second kappa shape index (κ2) is 10.8. The molecule has 0 aromatic heterocycles. The molecule has 0 aromatic rings. The molecule has 4 nitrogen and oxygen atoms in total. The van der Waals surface area contributed by atoms with Crippen LogP contribution in [0.2, 0.25) is 0 Å². The Morgan fingerprint density at radius 2 is 1.44 bits per heavy atom. The Kier molecular flexibility index (Phi) is 10.3. The number of rotatable bonds is 11. The van der Waals surface area contributed by atoms with Crippen LogP contribution in [-0.4, -0.2) is 25.7 Å². The van der Waals surface area contributed by atoms with Gasteiger partial charge in [-0.05, 0) is 59.5 Å². The molecule has 144 valence electrons. The first-order chi connectivity index (χ1) is 11.5. The number of carbonyl (C=O) groups is 1. The maximum absolute atomic E-state index is 14.0. The molecule has 7 heteroatoms. The zero-order valence-corrected chi connectivity index (χ0v) is 16.8. The normalized spacial score (nSPS) is 13.8. The molecule has 0 saturated carbocycles. The van der Waals surface area contributed by atoms with Crippen molar-refractivity contribution in [2.24, 2.45) is 0 Å². The van der Waals surface area contributed by atoms with E-state index in [0.717, 1.165) is 33.1 Å². The number of allylic oxidation sites excluding steroid dienone is 6. The first kappa shape index (κ1) is 23.9. The summed E-state index contributed by atoms with van der Waals surface area (Å²) in [7, 11) is -3.16. The largest absolute Gasteiger partial charge is 0.407 e. The van der Waals surface area contributed by atoms with E-state index in [2.05, 4.69) is 15.1 Å². The Morgan fingerprint density at radius 3 is 1.92 bits per heavy atom. The molecule has 0 bridgehead atoms. The topological polar surface area (TPSA) is 52.6 Å². The zero-order chi connectivity index (χ0) is 19.7. The van der Waals surface area contributed by atoms with Crippen LogP contribution in [0.5, 0.6) is 0 Å². The third-order valence-electron chi connectivity index (χ3n) is 3.62. The van der Waals surface area contributed by atoms with Gasteiger partial charge in [0.05, 0.1) is 0 Å². The summed E-state index contributed by atoms with van der Waals surface area (Å²) in [6.07, 6.45) is 8.03. The van der Waals surface area contributed by atoms with Crippen LogP contribution in [0.15, 0.2) is 34.9 Å². The Balaban J connectivity index is 4.75. The summed E-state index contributed by atoms with van der Waals surface area (Å²) in [5.74, 6) is -1.57. The molecule has 0 radical (unpaired) electrons. The smallest absolute Gasteiger partial charge is 0.307 e. The lowest BCUT2D eigenvalue weighted by Crippen LogP contribution is -2.28. The van der Waals surface area contributed by atoms with Gasteiger partial charge < -0.3 is 9.05 Å². The Morgan fingerprint density at radius 1 is 0.960 bits per heavy atom. The minimum atomic E-state index is -4.80. The first-order valence-corrected chi connectivity index (χ1v) is 9.64. The highest BCUT2D eigenvalue weighted by Crippen LogP contribution is 2.61. The lowest BCUT2D eigenvalue weighted by Gasteiger charge is -2.21. The van der Waals surface area contributed by atoms with Gasteiger partial charge in [-0.2, -0.15) is 8.78 Å². The molecule has 0 aliphatic rings. The molecular formula is C18H29F2O4P. The average molecular weight is 378 g/mol. The van der Waals surface area contributed by atoms with E-state index in [1.807, 2.05) is 26.8 Å². The highest BCUT2D eigenvalue weighted by Gasteiger charge is 2.57. The van der Waals surface area contributed by atoms with Gasteiger partial charge in [-0.25, -0.2) is 0 Å². The quantitative estimate of drug-likeness (QED) is 0.249. The number of hydrogen-bond donors (Lipinski definition) is 0. The van der Waals surface area contributed by atoms with Crippen LogP contribution in [0, 0.1) is 0 Å². The van der Waals surface area contributed by atoms with Crippen LogP contribution in [0.1, 0.15) is 53.4 Å². The Bertz CT molecular complexity index is 580. The molecule has 0 aliphatic carbocycles. The molecule has 0 unspecified atom stereocenters. The van der Waals surface area contributed by atoms with Gasteiger partial charge in [0.1, 0.15) is 0 Å². The van der Waals surface area contributed by atoms with Crippen LogP contribution >= 0.6 is 7.60 Å². The summed E-state index contributed by atoms with van der Waals surface area (Å²) in [6.45, 7) is 7.70. The number of carbonyl (C=O) groups excluding carboxylic acids is 1. The van der Waals surface area contributed by atoms with Crippen LogP contribution in [0.25, 0.3) is 0 Å². The van der Waals surface area contributed by atoms with E-state index in [1.165, 1.54) is 11.1 Å². The van der Waals surface area contributed by atoms with Crippen LogP contribution in [0.3, 0.4) is 0 Å². The fourth-order valence-electron chi connectivity index (χ4n) is 2.06. The van der Waals surface area contributed by atoms with Gasteiger partial charge in [0.15, 0.2) is 0 Å². The fraction of sp³-hybridized carbons (Fsp3) is 0.611. The molecule has 0 aliphatic heterocycles. The lowest BCUT2D eigenvalue weighted by atomic mass is 10.1.